The molecule has 1 unspecified atom stereocenters. The van der Waals surface area contributed by atoms with Crippen LogP contribution < -0.4 is 15.5 Å². The smallest absolute Gasteiger partial charge is 0.191 e. The molecule has 29 heavy (non-hydrogen) atoms. The third kappa shape index (κ3) is 4.67. The number of hydrogen-bond acceptors (Lipinski definition) is 3. The zero-order chi connectivity index (χ0) is 20.1. The van der Waals surface area contributed by atoms with Crippen molar-refractivity contribution in [2.75, 3.05) is 31.1 Å². The molecule has 0 amide bonds. The fourth-order valence-corrected chi connectivity index (χ4v) is 3.75. The van der Waals surface area contributed by atoms with Crippen LogP contribution in [0.5, 0.6) is 0 Å². The van der Waals surface area contributed by atoms with E-state index in [1.54, 1.807) is 12.3 Å². The Morgan fingerprint density at radius 2 is 2.21 bits per heavy atom. The molecule has 1 aromatic carbocycles. The van der Waals surface area contributed by atoms with E-state index in [0.717, 1.165) is 37.4 Å². The predicted molar refractivity (Wildman–Crippen MR) is 116 cm³/mol. The highest BCUT2D eigenvalue weighted by Crippen LogP contribution is 2.20. The zero-order valence-electron chi connectivity index (χ0n) is 16.7. The van der Waals surface area contributed by atoms with Crippen LogP contribution >= 0.6 is 0 Å². The number of hydrogen-bond donors (Lipinski definition) is 3. The molecule has 1 saturated heterocycles. The van der Waals surface area contributed by atoms with Crippen LogP contribution in [0.25, 0.3) is 10.9 Å². The largest absolute Gasteiger partial charge is 0.358 e. The number of halogens is 1. The number of aromatic amines is 1. The van der Waals surface area contributed by atoms with E-state index in [1.165, 1.54) is 17.1 Å². The number of aliphatic imine (C=N–C) groups is 1. The average molecular weight is 394 g/mol. The number of pyridine rings is 1. The third-order valence-corrected chi connectivity index (χ3v) is 5.15. The Bertz CT molecular complexity index is 949. The number of H-pyrrole nitrogens is 1. The minimum atomic E-state index is -0.271. The number of guanidine groups is 1. The van der Waals surface area contributed by atoms with E-state index in [2.05, 4.69) is 45.7 Å². The summed E-state index contributed by atoms with van der Waals surface area (Å²) >= 11 is 0. The third-order valence-electron chi connectivity index (χ3n) is 5.15. The van der Waals surface area contributed by atoms with Gasteiger partial charge in [-0.2, -0.15) is 0 Å². The highest BCUT2D eigenvalue weighted by molar-refractivity contribution is 5.81. The van der Waals surface area contributed by atoms with Gasteiger partial charge in [0.1, 0.15) is 0 Å². The number of benzene rings is 1. The van der Waals surface area contributed by atoms with Crippen molar-refractivity contribution in [3.8, 4) is 0 Å². The van der Waals surface area contributed by atoms with Crippen LogP contribution in [0.1, 0.15) is 19.0 Å². The summed E-state index contributed by atoms with van der Waals surface area (Å²) in [7, 11) is 0. The van der Waals surface area contributed by atoms with Gasteiger partial charge in [-0.05, 0) is 43.0 Å². The van der Waals surface area contributed by atoms with Crippen molar-refractivity contribution in [3.05, 3.63) is 60.2 Å². The van der Waals surface area contributed by atoms with Gasteiger partial charge in [0, 0.05) is 56.0 Å². The number of fused-ring (bicyclic) bond motifs is 1. The SMILES string of the molecule is CCNC(=NCCc1cc2ccccc2[nH]1)NC1CCN(c2ncccc2F)C1. The molecule has 0 spiro atoms. The first-order chi connectivity index (χ1) is 14.2. The molecular formula is C22H27FN6. The fraction of sp³-hybridized carbons (Fsp3) is 0.364. The summed E-state index contributed by atoms with van der Waals surface area (Å²) in [4.78, 5) is 14.3. The van der Waals surface area contributed by atoms with Gasteiger partial charge >= 0.3 is 0 Å². The molecule has 4 rings (SSSR count). The van der Waals surface area contributed by atoms with Gasteiger partial charge in [0.2, 0.25) is 0 Å². The number of nitrogens with zero attached hydrogens (tertiary/aromatic N) is 3. The van der Waals surface area contributed by atoms with Gasteiger partial charge < -0.3 is 20.5 Å². The minimum absolute atomic E-state index is 0.210. The Kier molecular flexibility index (Phi) is 5.93. The molecule has 1 fully saturated rings. The van der Waals surface area contributed by atoms with Gasteiger partial charge in [0.05, 0.1) is 0 Å². The second kappa shape index (κ2) is 8.94. The molecule has 0 bridgehead atoms. The summed E-state index contributed by atoms with van der Waals surface area (Å²) in [6, 6.07) is 13.8. The van der Waals surface area contributed by atoms with E-state index in [1.807, 2.05) is 17.0 Å². The molecule has 152 valence electrons. The average Bonchev–Trinajstić information content (AvgIpc) is 3.35. The van der Waals surface area contributed by atoms with Crippen molar-refractivity contribution in [3.63, 3.8) is 0 Å². The topological polar surface area (TPSA) is 68.3 Å². The van der Waals surface area contributed by atoms with Crippen molar-refractivity contribution in [1.82, 2.24) is 20.6 Å². The number of aromatic nitrogens is 2. The Hall–Kier alpha value is -3.09. The molecule has 3 aromatic rings. The molecule has 2 aromatic heterocycles. The lowest BCUT2D eigenvalue weighted by Gasteiger charge is -2.19. The molecule has 0 radical (unpaired) electrons. The van der Waals surface area contributed by atoms with Crippen LogP contribution in [0, 0.1) is 5.82 Å². The molecule has 3 N–H and O–H groups in total. The minimum Gasteiger partial charge on any atom is -0.358 e. The van der Waals surface area contributed by atoms with E-state index in [0.29, 0.717) is 18.9 Å². The first-order valence-corrected chi connectivity index (χ1v) is 10.2. The van der Waals surface area contributed by atoms with Crippen LogP contribution in [0.4, 0.5) is 10.2 Å². The lowest BCUT2D eigenvalue weighted by molar-refractivity contribution is 0.612. The Labute approximate surface area is 170 Å². The standard InChI is InChI=1S/C22H27FN6/c1-2-24-22(26-12-9-17-14-16-6-3-4-8-20(16)27-17)28-18-10-13-29(15-18)21-19(23)7-5-11-25-21/h3-8,11,14,18,27H,2,9-10,12-13,15H2,1H3,(H2,24,26,28). The van der Waals surface area contributed by atoms with Gasteiger partial charge in [0.25, 0.3) is 0 Å². The molecule has 3 heterocycles. The summed E-state index contributed by atoms with van der Waals surface area (Å²) in [5, 5.41) is 8.02. The highest BCUT2D eigenvalue weighted by atomic mass is 19.1. The Morgan fingerprint density at radius 1 is 1.31 bits per heavy atom. The summed E-state index contributed by atoms with van der Waals surface area (Å²) in [5.74, 6) is 0.960. The van der Waals surface area contributed by atoms with Gasteiger partial charge in [-0.1, -0.05) is 18.2 Å². The second-order valence-corrected chi connectivity index (χ2v) is 7.28. The number of para-hydroxylation sites is 1. The van der Waals surface area contributed by atoms with E-state index in [9.17, 15) is 4.39 Å². The maximum absolute atomic E-state index is 14.0. The highest BCUT2D eigenvalue weighted by Gasteiger charge is 2.25. The monoisotopic (exact) mass is 394 g/mol. The molecule has 7 heteroatoms. The van der Waals surface area contributed by atoms with E-state index >= 15 is 0 Å². The van der Waals surface area contributed by atoms with Crippen molar-refractivity contribution < 1.29 is 4.39 Å². The van der Waals surface area contributed by atoms with Gasteiger partial charge in [0.15, 0.2) is 17.6 Å². The van der Waals surface area contributed by atoms with Crippen molar-refractivity contribution in [2.24, 2.45) is 4.99 Å². The van der Waals surface area contributed by atoms with Gasteiger partial charge in [-0.15, -0.1) is 0 Å². The van der Waals surface area contributed by atoms with Crippen LogP contribution in [-0.4, -0.2) is 48.1 Å². The quantitative estimate of drug-likeness (QED) is 0.444. The van der Waals surface area contributed by atoms with Crippen LogP contribution in [0.3, 0.4) is 0 Å². The van der Waals surface area contributed by atoms with E-state index < -0.39 is 0 Å². The summed E-state index contributed by atoms with van der Waals surface area (Å²) < 4.78 is 14.0. The Morgan fingerprint density at radius 3 is 3.03 bits per heavy atom. The van der Waals surface area contributed by atoms with Crippen molar-refractivity contribution in [1.29, 1.82) is 0 Å². The number of anilines is 1. The van der Waals surface area contributed by atoms with Crippen LogP contribution in [0.2, 0.25) is 0 Å². The number of rotatable bonds is 6. The lowest BCUT2D eigenvalue weighted by atomic mass is 10.2. The summed E-state index contributed by atoms with van der Waals surface area (Å²) in [6.07, 6.45) is 3.40. The first kappa shape index (κ1) is 19.2. The van der Waals surface area contributed by atoms with Crippen LogP contribution in [0.15, 0.2) is 53.7 Å². The lowest BCUT2D eigenvalue weighted by Crippen LogP contribution is -2.44. The molecule has 1 aliphatic heterocycles. The molecule has 0 aliphatic carbocycles. The maximum Gasteiger partial charge on any atom is 0.191 e. The molecule has 1 aliphatic rings. The molecule has 0 saturated carbocycles. The molecule has 6 nitrogen and oxygen atoms in total. The normalized spacial score (nSPS) is 17.1. The van der Waals surface area contributed by atoms with Crippen molar-refractivity contribution >= 4 is 22.7 Å². The summed E-state index contributed by atoms with van der Waals surface area (Å²) in [6.45, 7) is 5.02. The summed E-state index contributed by atoms with van der Waals surface area (Å²) in [5.41, 5.74) is 2.34. The van der Waals surface area contributed by atoms with Gasteiger partial charge in [-0.3, -0.25) is 4.99 Å². The predicted octanol–water partition coefficient (Wildman–Crippen LogP) is 3.08. The van der Waals surface area contributed by atoms with Gasteiger partial charge in [-0.25, -0.2) is 9.37 Å². The van der Waals surface area contributed by atoms with Crippen LogP contribution in [-0.2, 0) is 6.42 Å². The van der Waals surface area contributed by atoms with E-state index in [-0.39, 0.29) is 11.9 Å². The fourth-order valence-electron chi connectivity index (χ4n) is 3.75. The zero-order valence-corrected chi connectivity index (χ0v) is 16.7. The maximum atomic E-state index is 14.0. The number of nitrogens with one attached hydrogen (secondary N) is 3. The van der Waals surface area contributed by atoms with Crippen molar-refractivity contribution in [2.45, 2.75) is 25.8 Å². The second-order valence-electron chi connectivity index (χ2n) is 7.28. The van der Waals surface area contributed by atoms with E-state index in [4.69, 9.17) is 4.99 Å². The first-order valence-electron chi connectivity index (χ1n) is 10.2. The molecular weight excluding hydrogens is 367 g/mol. The molecule has 1 atom stereocenters. The Balaban J connectivity index is 1.34.